The van der Waals surface area contributed by atoms with Gasteiger partial charge in [0.2, 0.25) is 0 Å². The van der Waals surface area contributed by atoms with E-state index in [0.29, 0.717) is 28.7 Å². The second kappa shape index (κ2) is 9.76. The SMILES string of the molecule is COc1ccc(NC(=O)NCc2cccc(Cl)c2)cc1NC(=O)c1cccc(F)c1. The van der Waals surface area contributed by atoms with Gasteiger partial charge in [-0.2, -0.15) is 0 Å². The highest BCUT2D eigenvalue weighted by Crippen LogP contribution is 2.28. The Bertz CT molecular complexity index is 1070. The van der Waals surface area contributed by atoms with Gasteiger partial charge in [-0.1, -0.05) is 29.8 Å². The Kier molecular flexibility index (Phi) is 6.87. The maximum absolute atomic E-state index is 13.4. The topological polar surface area (TPSA) is 79.5 Å². The fourth-order valence-corrected chi connectivity index (χ4v) is 2.93. The first-order valence-corrected chi connectivity index (χ1v) is 9.36. The van der Waals surface area contributed by atoms with Crippen LogP contribution in [0.5, 0.6) is 5.75 Å². The maximum Gasteiger partial charge on any atom is 0.319 e. The van der Waals surface area contributed by atoms with E-state index in [1.165, 1.54) is 25.3 Å². The summed E-state index contributed by atoms with van der Waals surface area (Å²) < 4.78 is 18.6. The monoisotopic (exact) mass is 427 g/mol. The molecule has 3 aromatic rings. The summed E-state index contributed by atoms with van der Waals surface area (Å²) in [4.78, 5) is 24.6. The molecule has 0 spiro atoms. The number of methoxy groups -OCH3 is 1. The largest absolute Gasteiger partial charge is 0.495 e. The molecule has 0 unspecified atom stereocenters. The smallest absolute Gasteiger partial charge is 0.319 e. The van der Waals surface area contributed by atoms with Crippen LogP contribution in [0, 0.1) is 5.82 Å². The third-order valence-corrected chi connectivity index (χ3v) is 4.37. The van der Waals surface area contributed by atoms with E-state index in [2.05, 4.69) is 16.0 Å². The minimum Gasteiger partial charge on any atom is -0.495 e. The zero-order valence-electron chi connectivity index (χ0n) is 16.0. The Labute approximate surface area is 178 Å². The number of ether oxygens (including phenoxy) is 1. The number of rotatable bonds is 6. The van der Waals surface area contributed by atoms with Crippen LogP contribution in [0.2, 0.25) is 5.02 Å². The van der Waals surface area contributed by atoms with Crippen LogP contribution in [0.25, 0.3) is 0 Å². The lowest BCUT2D eigenvalue weighted by Gasteiger charge is -2.13. The molecule has 0 saturated carbocycles. The first-order chi connectivity index (χ1) is 14.4. The number of anilines is 2. The molecule has 8 heteroatoms. The average Bonchev–Trinajstić information content (AvgIpc) is 2.72. The van der Waals surface area contributed by atoms with Gasteiger partial charge in [-0.25, -0.2) is 9.18 Å². The molecule has 0 bridgehead atoms. The molecule has 0 atom stereocenters. The summed E-state index contributed by atoms with van der Waals surface area (Å²) in [7, 11) is 1.46. The zero-order valence-corrected chi connectivity index (χ0v) is 16.8. The number of halogens is 2. The minimum atomic E-state index is -0.513. The first kappa shape index (κ1) is 21.1. The average molecular weight is 428 g/mol. The third kappa shape index (κ3) is 5.71. The van der Waals surface area contributed by atoms with E-state index in [1.54, 1.807) is 36.4 Å². The molecular weight excluding hydrogens is 409 g/mol. The van der Waals surface area contributed by atoms with Gasteiger partial charge in [0.25, 0.3) is 5.91 Å². The second-order valence-corrected chi connectivity index (χ2v) is 6.75. The summed E-state index contributed by atoms with van der Waals surface area (Å²) in [6, 6.07) is 16.9. The fourth-order valence-electron chi connectivity index (χ4n) is 2.71. The van der Waals surface area contributed by atoms with Gasteiger partial charge in [0.15, 0.2) is 0 Å². The summed E-state index contributed by atoms with van der Waals surface area (Å²) in [6.07, 6.45) is 0. The molecule has 30 heavy (non-hydrogen) atoms. The molecular formula is C22H19ClFN3O3. The minimum absolute atomic E-state index is 0.162. The molecule has 0 aliphatic carbocycles. The van der Waals surface area contributed by atoms with Crippen molar-refractivity contribution in [3.63, 3.8) is 0 Å². The highest BCUT2D eigenvalue weighted by molar-refractivity contribution is 6.30. The lowest BCUT2D eigenvalue weighted by molar-refractivity contribution is 0.102. The van der Waals surface area contributed by atoms with E-state index >= 15 is 0 Å². The molecule has 0 saturated heterocycles. The molecule has 0 aliphatic rings. The standard InChI is InChI=1S/C22H19ClFN3O3/c1-30-20-9-8-18(26-22(29)25-13-14-4-2-6-16(23)10-14)12-19(20)27-21(28)15-5-3-7-17(24)11-15/h2-12H,13H2,1H3,(H,27,28)(H2,25,26,29). The highest BCUT2D eigenvalue weighted by Gasteiger charge is 2.12. The molecule has 154 valence electrons. The van der Waals surface area contributed by atoms with Gasteiger partial charge in [0.1, 0.15) is 11.6 Å². The Hall–Kier alpha value is -3.58. The summed E-state index contributed by atoms with van der Waals surface area (Å²) in [6.45, 7) is 0.297. The lowest BCUT2D eigenvalue weighted by atomic mass is 10.2. The van der Waals surface area contributed by atoms with Gasteiger partial charge in [-0.3, -0.25) is 4.79 Å². The van der Waals surface area contributed by atoms with Crippen molar-refractivity contribution in [2.45, 2.75) is 6.54 Å². The van der Waals surface area contributed by atoms with Gasteiger partial charge in [-0.15, -0.1) is 0 Å². The zero-order chi connectivity index (χ0) is 21.5. The normalized spacial score (nSPS) is 10.2. The molecule has 3 aromatic carbocycles. The van der Waals surface area contributed by atoms with Gasteiger partial charge in [0.05, 0.1) is 12.8 Å². The van der Waals surface area contributed by atoms with Crippen LogP contribution in [-0.4, -0.2) is 19.0 Å². The molecule has 6 nitrogen and oxygen atoms in total. The fraction of sp³-hybridized carbons (Fsp3) is 0.0909. The van der Waals surface area contributed by atoms with E-state index in [4.69, 9.17) is 16.3 Å². The van der Waals surface area contributed by atoms with Crippen molar-refractivity contribution in [2.24, 2.45) is 0 Å². The molecule has 0 heterocycles. The van der Waals surface area contributed by atoms with Crippen molar-refractivity contribution >= 4 is 34.9 Å². The number of carbonyl (C=O) groups is 2. The Morgan fingerprint density at radius 3 is 2.53 bits per heavy atom. The Balaban J connectivity index is 1.67. The van der Waals surface area contributed by atoms with E-state index in [0.717, 1.165) is 11.6 Å². The molecule has 0 fully saturated rings. The Morgan fingerprint density at radius 2 is 1.80 bits per heavy atom. The maximum atomic E-state index is 13.4. The Morgan fingerprint density at radius 1 is 1.00 bits per heavy atom. The molecule has 0 aliphatic heterocycles. The van der Waals surface area contributed by atoms with Crippen LogP contribution >= 0.6 is 11.6 Å². The number of carbonyl (C=O) groups excluding carboxylic acids is 2. The van der Waals surface area contributed by atoms with Crippen LogP contribution in [-0.2, 0) is 6.54 Å². The number of hydrogen-bond donors (Lipinski definition) is 3. The van der Waals surface area contributed by atoms with Crippen LogP contribution in [0.1, 0.15) is 15.9 Å². The third-order valence-electron chi connectivity index (χ3n) is 4.13. The number of benzene rings is 3. The summed E-state index contributed by atoms with van der Waals surface area (Å²) >= 11 is 5.93. The van der Waals surface area contributed by atoms with Crippen LogP contribution in [0.15, 0.2) is 66.7 Å². The van der Waals surface area contributed by atoms with Crippen LogP contribution < -0.4 is 20.7 Å². The van der Waals surface area contributed by atoms with E-state index in [-0.39, 0.29) is 5.56 Å². The predicted octanol–water partition coefficient (Wildman–Crippen LogP) is 5.06. The van der Waals surface area contributed by atoms with Gasteiger partial charge < -0.3 is 20.7 Å². The molecule has 3 N–H and O–H groups in total. The van der Waals surface area contributed by atoms with Crippen molar-refractivity contribution < 1.29 is 18.7 Å². The van der Waals surface area contributed by atoms with Gasteiger partial charge in [-0.05, 0) is 54.1 Å². The summed E-state index contributed by atoms with van der Waals surface area (Å²) in [5.41, 5.74) is 1.79. The number of urea groups is 1. The first-order valence-electron chi connectivity index (χ1n) is 8.99. The number of hydrogen-bond acceptors (Lipinski definition) is 3. The van der Waals surface area contributed by atoms with Gasteiger partial charge in [0, 0.05) is 22.8 Å². The summed E-state index contributed by atoms with van der Waals surface area (Å²) in [5.74, 6) is -0.624. The molecule has 0 radical (unpaired) electrons. The van der Waals surface area contributed by atoms with Crippen molar-refractivity contribution in [3.8, 4) is 5.75 Å². The van der Waals surface area contributed by atoms with E-state index in [9.17, 15) is 14.0 Å². The van der Waals surface area contributed by atoms with Crippen molar-refractivity contribution in [1.29, 1.82) is 0 Å². The van der Waals surface area contributed by atoms with Crippen LogP contribution in [0.4, 0.5) is 20.6 Å². The molecule has 3 rings (SSSR count). The molecule has 0 aromatic heterocycles. The number of amides is 3. The van der Waals surface area contributed by atoms with E-state index < -0.39 is 17.8 Å². The lowest BCUT2D eigenvalue weighted by Crippen LogP contribution is -2.28. The highest BCUT2D eigenvalue weighted by atomic mass is 35.5. The van der Waals surface area contributed by atoms with Crippen molar-refractivity contribution in [3.05, 3.63) is 88.7 Å². The van der Waals surface area contributed by atoms with E-state index in [1.807, 2.05) is 6.07 Å². The predicted molar refractivity (Wildman–Crippen MR) is 115 cm³/mol. The van der Waals surface area contributed by atoms with Crippen molar-refractivity contribution in [2.75, 3.05) is 17.7 Å². The quantitative estimate of drug-likeness (QED) is 0.514. The molecule has 3 amide bonds. The van der Waals surface area contributed by atoms with Gasteiger partial charge >= 0.3 is 6.03 Å². The van der Waals surface area contributed by atoms with Crippen molar-refractivity contribution in [1.82, 2.24) is 5.32 Å². The van der Waals surface area contributed by atoms with Crippen LogP contribution in [0.3, 0.4) is 0 Å². The second-order valence-electron chi connectivity index (χ2n) is 6.32. The number of nitrogens with one attached hydrogen (secondary N) is 3. The summed E-state index contributed by atoms with van der Waals surface area (Å²) in [5, 5.41) is 8.67.